The zero-order valence-electron chi connectivity index (χ0n) is 10.8. The molecule has 0 unspecified atom stereocenters. The molecule has 0 amide bonds. The van der Waals surface area contributed by atoms with Crippen molar-refractivity contribution in [2.24, 2.45) is 0 Å². The van der Waals surface area contributed by atoms with Crippen molar-refractivity contribution >= 4 is 11.5 Å². The van der Waals surface area contributed by atoms with Gasteiger partial charge in [-0.25, -0.2) is 0 Å². The van der Waals surface area contributed by atoms with E-state index in [0.717, 1.165) is 0 Å². The van der Waals surface area contributed by atoms with Crippen molar-refractivity contribution in [2.75, 3.05) is 20.0 Å². The first-order valence-electron chi connectivity index (χ1n) is 5.79. The van der Waals surface area contributed by atoms with Crippen LogP contribution in [-0.2, 0) is 0 Å². The van der Waals surface area contributed by atoms with Crippen LogP contribution in [-0.4, -0.2) is 20.0 Å². The molecule has 0 aliphatic rings. The molecule has 0 atom stereocenters. The Morgan fingerprint density at radius 1 is 0.947 bits per heavy atom. The van der Waals surface area contributed by atoms with E-state index < -0.39 is 0 Å². The predicted molar refractivity (Wildman–Crippen MR) is 73.8 cm³/mol. The number of ether oxygens (including phenoxy) is 2. The maximum absolute atomic E-state index is 12.6. The number of benzene rings is 2. The average Bonchev–Trinajstić information content (AvgIpc) is 2.46. The number of nitrogens with two attached hydrogens (primary N) is 1. The third-order valence-electron chi connectivity index (χ3n) is 2.86. The van der Waals surface area contributed by atoms with Gasteiger partial charge in [-0.05, 0) is 24.3 Å². The number of carbonyl (C=O) groups is 1. The highest BCUT2D eigenvalue weighted by Gasteiger charge is 2.21. The zero-order chi connectivity index (χ0) is 13.8. The van der Waals surface area contributed by atoms with Crippen molar-refractivity contribution in [1.82, 2.24) is 0 Å². The molecule has 2 aromatic rings. The lowest BCUT2D eigenvalue weighted by Gasteiger charge is -2.12. The highest BCUT2D eigenvalue weighted by Crippen LogP contribution is 2.31. The van der Waals surface area contributed by atoms with Crippen molar-refractivity contribution in [3.8, 4) is 11.5 Å². The van der Waals surface area contributed by atoms with Crippen molar-refractivity contribution in [3.05, 3.63) is 53.6 Å². The maximum Gasteiger partial charge on any atom is 0.202 e. The molecule has 0 bridgehead atoms. The number of carbonyl (C=O) groups excluding carboxylic acids is 1. The Kier molecular flexibility index (Phi) is 3.71. The monoisotopic (exact) mass is 257 g/mol. The zero-order valence-corrected chi connectivity index (χ0v) is 10.8. The summed E-state index contributed by atoms with van der Waals surface area (Å²) < 4.78 is 10.5. The summed E-state index contributed by atoms with van der Waals surface area (Å²) in [6.45, 7) is 0. The summed E-state index contributed by atoms with van der Waals surface area (Å²) in [6, 6.07) is 12.1. The lowest BCUT2D eigenvalue weighted by atomic mass is 10.00. The Morgan fingerprint density at radius 3 is 2.05 bits per heavy atom. The number of methoxy groups -OCH3 is 2. The minimum atomic E-state index is -0.215. The standard InChI is InChI=1S/C15H15NO3/c1-18-12-8-5-9-13(19-2)14(12)15(17)10-6-3-4-7-11(10)16/h3-9H,16H2,1-2H3. The minimum Gasteiger partial charge on any atom is -0.496 e. The second-order valence-corrected chi connectivity index (χ2v) is 3.95. The fourth-order valence-electron chi connectivity index (χ4n) is 1.91. The maximum atomic E-state index is 12.6. The van der Waals surface area contributed by atoms with Crippen LogP contribution in [0.5, 0.6) is 11.5 Å². The fourth-order valence-corrected chi connectivity index (χ4v) is 1.91. The van der Waals surface area contributed by atoms with Gasteiger partial charge in [0.05, 0.1) is 14.2 Å². The van der Waals surface area contributed by atoms with Gasteiger partial charge in [-0.3, -0.25) is 4.79 Å². The molecule has 0 heterocycles. The third kappa shape index (κ3) is 2.38. The van der Waals surface area contributed by atoms with Crippen molar-refractivity contribution in [3.63, 3.8) is 0 Å². The summed E-state index contributed by atoms with van der Waals surface area (Å²) in [7, 11) is 3.03. The molecule has 19 heavy (non-hydrogen) atoms. The highest BCUT2D eigenvalue weighted by molar-refractivity contribution is 6.15. The van der Waals surface area contributed by atoms with Crippen LogP contribution in [0.4, 0.5) is 5.69 Å². The molecule has 0 fully saturated rings. The SMILES string of the molecule is COc1cccc(OC)c1C(=O)c1ccccc1N. The Morgan fingerprint density at radius 2 is 1.53 bits per heavy atom. The largest absolute Gasteiger partial charge is 0.496 e. The van der Waals surface area contributed by atoms with Crippen LogP contribution < -0.4 is 15.2 Å². The number of rotatable bonds is 4. The molecular weight excluding hydrogens is 242 g/mol. The molecule has 2 rings (SSSR count). The molecule has 0 saturated carbocycles. The van der Waals surface area contributed by atoms with Crippen molar-refractivity contribution in [2.45, 2.75) is 0 Å². The van der Waals surface area contributed by atoms with Crippen LogP contribution in [0.2, 0.25) is 0 Å². The summed E-state index contributed by atoms with van der Waals surface area (Å²) in [6.07, 6.45) is 0. The molecule has 4 heteroatoms. The smallest absolute Gasteiger partial charge is 0.202 e. The Labute approximate surface area is 111 Å². The number of ketones is 1. The van der Waals surface area contributed by atoms with E-state index in [4.69, 9.17) is 15.2 Å². The number of hydrogen-bond acceptors (Lipinski definition) is 4. The van der Waals surface area contributed by atoms with E-state index in [1.807, 2.05) is 0 Å². The number of para-hydroxylation sites is 1. The summed E-state index contributed by atoms with van der Waals surface area (Å²) in [4.78, 5) is 12.6. The second kappa shape index (κ2) is 5.44. The van der Waals surface area contributed by atoms with Gasteiger partial charge < -0.3 is 15.2 Å². The lowest BCUT2D eigenvalue weighted by molar-refractivity contribution is 0.103. The van der Waals surface area contributed by atoms with Gasteiger partial charge in [-0.2, -0.15) is 0 Å². The van der Waals surface area contributed by atoms with Crippen LogP contribution in [0.3, 0.4) is 0 Å². The second-order valence-electron chi connectivity index (χ2n) is 3.95. The molecule has 2 aromatic carbocycles. The van der Waals surface area contributed by atoms with Crippen molar-refractivity contribution < 1.29 is 14.3 Å². The summed E-state index contributed by atoms with van der Waals surface area (Å²) in [5, 5.41) is 0. The molecular formula is C15H15NO3. The van der Waals surface area contributed by atoms with E-state index in [1.165, 1.54) is 14.2 Å². The van der Waals surface area contributed by atoms with Gasteiger partial charge in [0.25, 0.3) is 0 Å². The third-order valence-corrected chi connectivity index (χ3v) is 2.86. The normalized spacial score (nSPS) is 10.0. The Balaban J connectivity index is 2.58. The molecule has 0 aliphatic heterocycles. The fraction of sp³-hybridized carbons (Fsp3) is 0.133. The Bertz CT molecular complexity index is 586. The molecule has 4 nitrogen and oxygen atoms in total. The minimum absolute atomic E-state index is 0.215. The van der Waals surface area contributed by atoms with Crippen LogP contribution >= 0.6 is 0 Å². The van der Waals surface area contributed by atoms with Crippen LogP contribution in [0.1, 0.15) is 15.9 Å². The van der Waals surface area contributed by atoms with E-state index >= 15 is 0 Å². The van der Waals surface area contributed by atoms with Gasteiger partial charge >= 0.3 is 0 Å². The first-order chi connectivity index (χ1) is 9.19. The summed E-state index contributed by atoms with van der Waals surface area (Å²) >= 11 is 0. The van der Waals surface area contributed by atoms with E-state index in [0.29, 0.717) is 28.3 Å². The number of hydrogen-bond donors (Lipinski definition) is 1. The first kappa shape index (κ1) is 13.0. The average molecular weight is 257 g/mol. The molecule has 0 saturated heterocycles. The van der Waals surface area contributed by atoms with E-state index in [1.54, 1.807) is 42.5 Å². The molecule has 0 spiro atoms. The van der Waals surface area contributed by atoms with Gasteiger partial charge in [0.1, 0.15) is 17.1 Å². The van der Waals surface area contributed by atoms with Gasteiger partial charge in [0.15, 0.2) is 0 Å². The number of anilines is 1. The lowest BCUT2D eigenvalue weighted by Crippen LogP contribution is -2.08. The van der Waals surface area contributed by atoms with E-state index in [-0.39, 0.29) is 5.78 Å². The topological polar surface area (TPSA) is 61.5 Å². The van der Waals surface area contributed by atoms with Gasteiger partial charge in [-0.1, -0.05) is 18.2 Å². The van der Waals surface area contributed by atoms with Gasteiger partial charge in [-0.15, -0.1) is 0 Å². The molecule has 0 radical (unpaired) electrons. The predicted octanol–water partition coefficient (Wildman–Crippen LogP) is 2.52. The summed E-state index contributed by atoms with van der Waals surface area (Å²) in [5.41, 5.74) is 7.09. The molecule has 2 N–H and O–H groups in total. The van der Waals surface area contributed by atoms with Crippen LogP contribution in [0, 0.1) is 0 Å². The van der Waals surface area contributed by atoms with Crippen molar-refractivity contribution in [1.29, 1.82) is 0 Å². The Hall–Kier alpha value is -2.49. The molecule has 0 aliphatic carbocycles. The summed E-state index contributed by atoms with van der Waals surface area (Å²) in [5.74, 6) is 0.715. The molecule has 98 valence electrons. The van der Waals surface area contributed by atoms with E-state index in [2.05, 4.69) is 0 Å². The van der Waals surface area contributed by atoms with Crippen LogP contribution in [0.25, 0.3) is 0 Å². The first-order valence-corrected chi connectivity index (χ1v) is 5.79. The van der Waals surface area contributed by atoms with Gasteiger partial charge in [0, 0.05) is 11.3 Å². The molecule has 0 aromatic heterocycles. The number of nitrogen functional groups attached to an aromatic ring is 1. The van der Waals surface area contributed by atoms with Gasteiger partial charge in [0.2, 0.25) is 5.78 Å². The van der Waals surface area contributed by atoms with E-state index in [9.17, 15) is 4.79 Å². The highest BCUT2D eigenvalue weighted by atomic mass is 16.5. The quantitative estimate of drug-likeness (QED) is 0.675. The van der Waals surface area contributed by atoms with Crippen LogP contribution in [0.15, 0.2) is 42.5 Å².